The van der Waals surface area contributed by atoms with E-state index >= 15 is 0 Å². The van der Waals surface area contributed by atoms with E-state index in [0.29, 0.717) is 26.1 Å². The Kier molecular flexibility index (Phi) is 6.82. The highest BCUT2D eigenvalue weighted by Gasteiger charge is 2.42. The van der Waals surface area contributed by atoms with Gasteiger partial charge in [0.15, 0.2) is 0 Å². The molecular weight excluding hydrogens is 242 g/mol. The van der Waals surface area contributed by atoms with Gasteiger partial charge in [0.25, 0.3) is 0 Å². The summed E-state index contributed by atoms with van der Waals surface area (Å²) in [5, 5.41) is 12.0. The van der Waals surface area contributed by atoms with Crippen LogP contribution in [0.25, 0.3) is 0 Å². The van der Waals surface area contributed by atoms with Crippen molar-refractivity contribution in [1.29, 1.82) is 5.26 Å². The summed E-state index contributed by atoms with van der Waals surface area (Å²) in [6.45, 7) is 5.37. The maximum atomic E-state index is 12.8. The Hall–Kier alpha value is -1.12. The molecular formula is C14H25N3O2. The summed E-state index contributed by atoms with van der Waals surface area (Å²) in [6.07, 6.45) is 3.19. The minimum absolute atomic E-state index is 0.187. The number of carbonyl (C=O) groups excluding carboxylic acids is 1. The lowest BCUT2D eigenvalue weighted by atomic mass is 9.81. The molecule has 1 amide bonds. The number of ether oxygens (including phenoxy) is 1. The molecule has 1 unspecified atom stereocenters. The first kappa shape index (κ1) is 15.9. The Morgan fingerprint density at radius 2 is 2.32 bits per heavy atom. The van der Waals surface area contributed by atoms with Crippen LogP contribution in [0, 0.1) is 16.7 Å². The van der Waals surface area contributed by atoms with Gasteiger partial charge in [0.05, 0.1) is 24.5 Å². The fourth-order valence-corrected chi connectivity index (χ4v) is 2.76. The van der Waals surface area contributed by atoms with Crippen LogP contribution in [0.4, 0.5) is 0 Å². The minimum atomic E-state index is -0.266. The molecule has 1 fully saturated rings. The van der Waals surface area contributed by atoms with Gasteiger partial charge >= 0.3 is 0 Å². The van der Waals surface area contributed by atoms with Crippen LogP contribution in [0.1, 0.15) is 32.6 Å². The Balaban J connectivity index is 2.74. The van der Waals surface area contributed by atoms with Crippen LogP contribution in [0.2, 0.25) is 0 Å². The maximum absolute atomic E-state index is 12.8. The molecule has 108 valence electrons. The number of nitriles is 1. The van der Waals surface area contributed by atoms with Gasteiger partial charge in [0.2, 0.25) is 5.91 Å². The topological polar surface area (TPSA) is 65.4 Å². The van der Waals surface area contributed by atoms with Crippen LogP contribution in [-0.4, -0.2) is 50.7 Å². The smallest absolute Gasteiger partial charge is 0.230 e. The van der Waals surface area contributed by atoms with E-state index in [4.69, 9.17) is 10.00 Å². The predicted octanol–water partition coefficient (Wildman–Crippen LogP) is 1.15. The molecule has 1 heterocycles. The third kappa shape index (κ3) is 4.19. The second-order valence-corrected chi connectivity index (χ2v) is 5.15. The van der Waals surface area contributed by atoms with E-state index in [1.165, 1.54) is 0 Å². The summed E-state index contributed by atoms with van der Waals surface area (Å²) in [5.74, 6) is 0.187. The van der Waals surface area contributed by atoms with Gasteiger partial charge in [0.1, 0.15) is 0 Å². The van der Waals surface area contributed by atoms with E-state index in [1.807, 2.05) is 0 Å². The molecule has 1 aliphatic heterocycles. The van der Waals surface area contributed by atoms with Crippen molar-refractivity contribution in [3.8, 4) is 6.07 Å². The highest BCUT2D eigenvalue weighted by Crippen LogP contribution is 2.33. The first-order chi connectivity index (χ1) is 9.20. The standard InChI is InChI=1S/C14H25N3O2/c1-3-5-14(6-8-16-12-14)13(18)17(9-4-7-15)10-11-19-2/h16H,3-6,8-12H2,1-2H3. The quantitative estimate of drug-likeness (QED) is 0.716. The molecule has 19 heavy (non-hydrogen) atoms. The molecule has 1 aliphatic rings. The average molecular weight is 267 g/mol. The molecule has 0 aliphatic carbocycles. The molecule has 1 atom stereocenters. The molecule has 1 rings (SSSR count). The highest BCUT2D eigenvalue weighted by molar-refractivity contribution is 5.83. The van der Waals surface area contributed by atoms with Gasteiger partial charge in [-0.05, 0) is 19.4 Å². The highest BCUT2D eigenvalue weighted by atomic mass is 16.5. The van der Waals surface area contributed by atoms with Crippen LogP contribution in [0.5, 0.6) is 0 Å². The number of hydrogen-bond donors (Lipinski definition) is 1. The van der Waals surface area contributed by atoms with Crippen LogP contribution in [-0.2, 0) is 9.53 Å². The molecule has 0 radical (unpaired) electrons. The van der Waals surface area contributed by atoms with Crippen molar-refractivity contribution >= 4 is 5.91 Å². The zero-order valence-electron chi connectivity index (χ0n) is 12.1. The number of hydrogen-bond acceptors (Lipinski definition) is 4. The second-order valence-electron chi connectivity index (χ2n) is 5.15. The second kappa shape index (κ2) is 8.13. The number of nitrogens with one attached hydrogen (secondary N) is 1. The zero-order chi connectivity index (χ0) is 14.1. The first-order valence-electron chi connectivity index (χ1n) is 7.06. The van der Waals surface area contributed by atoms with E-state index in [2.05, 4.69) is 18.3 Å². The van der Waals surface area contributed by atoms with Crippen molar-refractivity contribution in [2.45, 2.75) is 32.6 Å². The molecule has 0 bridgehead atoms. The Morgan fingerprint density at radius 1 is 1.53 bits per heavy atom. The van der Waals surface area contributed by atoms with Gasteiger partial charge < -0.3 is 15.0 Å². The summed E-state index contributed by atoms with van der Waals surface area (Å²) >= 11 is 0. The van der Waals surface area contributed by atoms with Crippen LogP contribution in [0.3, 0.4) is 0 Å². The van der Waals surface area contributed by atoms with Crippen LogP contribution < -0.4 is 5.32 Å². The number of carbonyl (C=O) groups is 1. The van der Waals surface area contributed by atoms with Gasteiger partial charge in [0, 0.05) is 26.7 Å². The van der Waals surface area contributed by atoms with E-state index in [0.717, 1.165) is 32.4 Å². The maximum Gasteiger partial charge on any atom is 0.230 e. The van der Waals surface area contributed by atoms with E-state index in [9.17, 15) is 4.79 Å². The zero-order valence-corrected chi connectivity index (χ0v) is 12.1. The molecule has 0 spiro atoms. The molecule has 1 saturated heterocycles. The van der Waals surface area contributed by atoms with Gasteiger partial charge in [-0.25, -0.2) is 0 Å². The van der Waals surface area contributed by atoms with Crippen molar-refractivity contribution in [1.82, 2.24) is 10.2 Å². The summed E-state index contributed by atoms with van der Waals surface area (Å²) in [6, 6.07) is 2.11. The minimum Gasteiger partial charge on any atom is -0.383 e. The molecule has 0 aromatic rings. The fraction of sp³-hybridized carbons (Fsp3) is 0.857. The number of rotatable bonds is 8. The van der Waals surface area contributed by atoms with Crippen molar-refractivity contribution < 1.29 is 9.53 Å². The van der Waals surface area contributed by atoms with E-state index < -0.39 is 0 Å². The Labute approximate surface area is 115 Å². The van der Waals surface area contributed by atoms with Gasteiger partial charge in [-0.3, -0.25) is 4.79 Å². The SMILES string of the molecule is CCCC1(C(=O)N(CCC#N)CCOC)CCNC1. The molecule has 5 nitrogen and oxygen atoms in total. The lowest BCUT2D eigenvalue weighted by molar-refractivity contribution is -0.142. The lowest BCUT2D eigenvalue weighted by Crippen LogP contribution is -2.46. The third-order valence-corrected chi connectivity index (χ3v) is 3.77. The first-order valence-corrected chi connectivity index (χ1v) is 7.06. The average Bonchev–Trinajstić information content (AvgIpc) is 2.88. The molecule has 1 N–H and O–H groups in total. The third-order valence-electron chi connectivity index (χ3n) is 3.77. The lowest BCUT2D eigenvalue weighted by Gasteiger charge is -2.33. The van der Waals surface area contributed by atoms with Crippen LogP contribution in [0.15, 0.2) is 0 Å². The largest absolute Gasteiger partial charge is 0.383 e. The predicted molar refractivity (Wildman–Crippen MR) is 73.5 cm³/mol. The Morgan fingerprint density at radius 3 is 2.84 bits per heavy atom. The number of nitrogens with zero attached hydrogens (tertiary/aromatic N) is 2. The van der Waals surface area contributed by atoms with Gasteiger partial charge in [-0.2, -0.15) is 5.26 Å². The van der Waals surface area contributed by atoms with Crippen LogP contribution >= 0.6 is 0 Å². The molecule has 0 aromatic heterocycles. The monoisotopic (exact) mass is 267 g/mol. The fourth-order valence-electron chi connectivity index (χ4n) is 2.76. The molecule has 5 heteroatoms. The van der Waals surface area contributed by atoms with Crippen molar-refractivity contribution in [2.24, 2.45) is 5.41 Å². The van der Waals surface area contributed by atoms with E-state index in [1.54, 1.807) is 12.0 Å². The van der Waals surface area contributed by atoms with Gasteiger partial charge in [-0.1, -0.05) is 13.3 Å². The number of methoxy groups -OCH3 is 1. The Bertz CT molecular complexity index is 319. The normalized spacial score (nSPS) is 22.2. The molecule has 0 aromatic carbocycles. The summed E-state index contributed by atoms with van der Waals surface area (Å²) < 4.78 is 5.07. The number of amides is 1. The molecule has 0 saturated carbocycles. The summed E-state index contributed by atoms with van der Waals surface area (Å²) in [7, 11) is 1.63. The van der Waals surface area contributed by atoms with Gasteiger partial charge in [-0.15, -0.1) is 0 Å². The van der Waals surface area contributed by atoms with Crippen molar-refractivity contribution in [3.05, 3.63) is 0 Å². The van der Waals surface area contributed by atoms with Crippen molar-refractivity contribution in [3.63, 3.8) is 0 Å². The van der Waals surface area contributed by atoms with Crippen molar-refractivity contribution in [2.75, 3.05) is 39.9 Å². The summed E-state index contributed by atoms with van der Waals surface area (Å²) in [4.78, 5) is 14.6. The summed E-state index contributed by atoms with van der Waals surface area (Å²) in [5.41, 5.74) is -0.266. The van der Waals surface area contributed by atoms with E-state index in [-0.39, 0.29) is 11.3 Å².